The van der Waals surface area contributed by atoms with Crippen LogP contribution in [0.3, 0.4) is 0 Å². The molecule has 0 amide bonds. The van der Waals surface area contributed by atoms with Crippen molar-refractivity contribution in [3.63, 3.8) is 0 Å². The van der Waals surface area contributed by atoms with Gasteiger partial charge in [0.1, 0.15) is 11.2 Å². The van der Waals surface area contributed by atoms with Gasteiger partial charge in [-0.25, -0.2) is 4.98 Å². The molecule has 1 heterocycles. The molecule has 3 heteroatoms. The first kappa shape index (κ1) is 12.0. The molecule has 0 N–H and O–H groups in total. The van der Waals surface area contributed by atoms with E-state index in [4.69, 9.17) is 11.6 Å². The van der Waals surface area contributed by atoms with E-state index < -0.39 is 0 Å². The van der Waals surface area contributed by atoms with Crippen LogP contribution in [0.1, 0.15) is 61.4 Å². The van der Waals surface area contributed by atoms with Crippen LogP contribution < -0.4 is 0 Å². The molecule has 2 aliphatic carbocycles. The molecule has 0 spiro atoms. The van der Waals surface area contributed by atoms with Gasteiger partial charge in [-0.05, 0) is 48.6 Å². The van der Waals surface area contributed by atoms with Crippen molar-refractivity contribution < 1.29 is 0 Å². The van der Waals surface area contributed by atoms with Gasteiger partial charge in [0.15, 0.2) is 0 Å². The number of fused-ring (bicyclic) bond motifs is 1. The van der Waals surface area contributed by atoms with E-state index in [0.717, 1.165) is 19.3 Å². The van der Waals surface area contributed by atoms with Gasteiger partial charge in [-0.3, -0.25) is 0 Å². The zero-order chi connectivity index (χ0) is 12.9. The largest absolute Gasteiger partial charge is 0.239 e. The van der Waals surface area contributed by atoms with Crippen molar-refractivity contribution in [3.05, 3.63) is 27.5 Å². The predicted octanol–water partition coefficient (Wildman–Crippen LogP) is 4.00. The molecule has 0 bridgehead atoms. The molecule has 2 nitrogen and oxygen atoms in total. The van der Waals surface area contributed by atoms with Crippen molar-refractivity contribution in [2.24, 2.45) is 5.41 Å². The van der Waals surface area contributed by atoms with Gasteiger partial charge in [-0.15, -0.1) is 0 Å². The molecule has 1 fully saturated rings. The van der Waals surface area contributed by atoms with E-state index in [-0.39, 0.29) is 0 Å². The summed E-state index contributed by atoms with van der Waals surface area (Å²) in [4.78, 5) is 4.53. The van der Waals surface area contributed by atoms with Crippen LogP contribution in [-0.4, -0.2) is 4.98 Å². The summed E-state index contributed by atoms with van der Waals surface area (Å²) in [6.45, 7) is 4.60. The Balaban J connectivity index is 2.19. The van der Waals surface area contributed by atoms with E-state index in [1.807, 2.05) is 0 Å². The van der Waals surface area contributed by atoms with Gasteiger partial charge in [0.05, 0.1) is 5.56 Å². The minimum absolute atomic E-state index is 0.318. The molecule has 3 rings (SSSR count). The quantitative estimate of drug-likeness (QED) is 0.716. The van der Waals surface area contributed by atoms with E-state index in [1.165, 1.54) is 29.7 Å². The first-order valence-corrected chi connectivity index (χ1v) is 7.01. The lowest BCUT2D eigenvalue weighted by atomic mass is 9.73. The summed E-state index contributed by atoms with van der Waals surface area (Å²) in [5, 5.41) is 9.69. The monoisotopic (exact) mass is 260 g/mol. The summed E-state index contributed by atoms with van der Waals surface area (Å²) in [5.41, 5.74) is 4.63. The molecule has 0 atom stereocenters. The molecule has 0 aromatic carbocycles. The minimum Gasteiger partial charge on any atom is -0.239 e. The summed E-state index contributed by atoms with van der Waals surface area (Å²) < 4.78 is 0. The Morgan fingerprint density at radius 3 is 2.67 bits per heavy atom. The van der Waals surface area contributed by atoms with Crippen LogP contribution in [0.5, 0.6) is 0 Å². The highest BCUT2D eigenvalue weighted by molar-refractivity contribution is 6.30. The van der Waals surface area contributed by atoms with E-state index in [0.29, 0.717) is 22.0 Å². The number of rotatable bonds is 1. The molecule has 2 aliphatic rings. The Morgan fingerprint density at radius 2 is 2.06 bits per heavy atom. The average molecular weight is 261 g/mol. The van der Waals surface area contributed by atoms with Gasteiger partial charge < -0.3 is 0 Å². The number of halogens is 1. The zero-order valence-electron chi connectivity index (χ0n) is 10.9. The van der Waals surface area contributed by atoms with Crippen LogP contribution in [0.15, 0.2) is 0 Å². The minimum atomic E-state index is 0.318. The number of aromatic nitrogens is 1. The fourth-order valence-electron chi connectivity index (χ4n) is 2.97. The Bertz CT molecular complexity index is 551. The highest BCUT2D eigenvalue weighted by atomic mass is 35.5. The lowest BCUT2D eigenvalue weighted by Crippen LogP contribution is -2.25. The molecule has 0 saturated heterocycles. The van der Waals surface area contributed by atoms with Crippen LogP contribution in [0.4, 0.5) is 0 Å². The third-order valence-corrected chi connectivity index (χ3v) is 4.46. The number of nitrogens with zero attached hydrogens (tertiary/aromatic N) is 2. The maximum atomic E-state index is 9.28. The molecule has 1 saturated carbocycles. The first-order chi connectivity index (χ1) is 8.52. The molecule has 0 radical (unpaired) electrons. The lowest BCUT2D eigenvalue weighted by Gasteiger charge is -2.33. The van der Waals surface area contributed by atoms with Crippen LogP contribution in [-0.2, 0) is 12.8 Å². The normalized spacial score (nSPS) is 21.2. The number of hydrogen-bond acceptors (Lipinski definition) is 2. The molecular weight excluding hydrogens is 244 g/mol. The Kier molecular flexibility index (Phi) is 2.64. The second-order valence-electron chi connectivity index (χ2n) is 6.35. The second kappa shape index (κ2) is 3.96. The SMILES string of the molecule is CC1(C)CCc2c(C#N)c(Cl)nc(C3CC3)c2C1. The fraction of sp³-hybridized carbons (Fsp3) is 0.600. The Hall–Kier alpha value is -1.07. The zero-order valence-corrected chi connectivity index (χ0v) is 11.6. The maximum absolute atomic E-state index is 9.28. The summed E-state index contributed by atoms with van der Waals surface area (Å²) in [5.74, 6) is 0.595. The number of nitriles is 1. The summed E-state index contributed by atoms with van der Waals surface area (Å²) in [7, 11) is 0. The molecule has 1 aromatic heterocycles. The van der Waals surface area contributed by atoms with E-state index >= 15 is 0 Å². The smallest absolute Gasteiger partial charge is 0.147 e. The van der Waals surface area contributed by atoms with E-state index in [9.17, 15) is 5.26 Å². The summed E-state index contributed by atoms with van der Waals surface area (Å²) in [6, 6.07) is 2.24. The van der Waals surface area contributed by atoms with Crippen LogP contribution in [0.25, 0.3) is 0 Å². The van der Waals surface area contributed by atoms with E-state index in [2.05, 4.69) is 24.9 Å². The summed E-state index contributed by atoms with van der Waals surface area (Å²) in [6.07, 6.45) is 5.57. The number of hydrogen-bond donors (Lipinski definition) is 0. The van der Waals surface area contributed by atoms with Crippen molar-refractivity contribution in [3.8, 4) is 6.07 Å². The molecular formula is C15H17ClN2. The molecule has 1 aromatic rings. The van der Waals surface area contributed by atoms with Crippen LogP contribution in [0.2, 0.25) is 5.15 Å². The van der Waals surface area contributed by atoms with Crippen molar-refractivity contribution in [1.82, 2.24) is 4.98 Å². The molecule has 94 valence electrons. The lowest BCUT2D eigenvalue weighted by molar-refractivity contribution is 0.313. The van der Waals surface area contributed by atoms with Gasteiger partial charge in [-0.1, -0.05) is 25.4 Å². The highest BCUT2D eigenvalue weighted by Gasteiger charge is 2.35. The Labute approximate surface area is 113 Å². The summed E-state index contributed by atoms with van der Waals surface area (Å²) >= 11 is 6.18. The van der Waals surface area contributed by atoms with E-state index in [1.54, 1.807) is 0 Å². The molecule has 18 heavy (non-hydrogen) atoms. The van der Waals surface area contributed by atoms with Crippen molar-refractivity contribution >= 4 is 11.6 Å². The topological polar surface area (TPSA) is 36.7 Å². The standard InChI is InChI=1S/C15H17ClN2/c1-15(2)6-5-10-11(7-15)13(9-3-4-9)18-14(16)12(10)8-17/h9H,3-7H2,1-2H3. The van der Waals surface area contributed by atoms with Gasteiger partial charge in [-0.2, -0.15) is 5.26 Å². The van der Waals surface area contributed by atoms with Crippen LogP contribution >= 0.6 is 11.6 Å². The van der Waals surface area contributed by atoms with Crippen molar-refractivity contribution in [1.29, 1.82) is 5.26 Å². The van der Waals surface area contributed by atoms with Gasteiger partial charge in [0.2, 0.25) is 0 Å². The third-order valence-electron chi connectivity index (χ3n) is 4.18. The van der Waals surface area contributed by atoms with Gasteiger partial charge in [0, 0.05) is 11.6 Å². The number of pyridine rings is 1. The molecule has 0 aliphatic heterocycles. The molecule has 0 unspecified atom stereocenters. The fourth-order valence-corrected chi connectivity index (χ4v) is 3.22. The second-order valence-corrected chi connectivity index (χ2v) is 6.71. The van der Waals surface area contributed by atoms with Crippen LogP contribution in [0, 0.1) is 16.7 Å². The predicted molar refractivity (Wildman–Crippen MR) is 71.7 cm³/mol. The van der Waals surface area contributed by atoms with Gasteiger partial charge in [0.25, 0.3) is 0 Å². The first-order valence-electron chi connectivity index (χ1n) is 6.63. The maximum Gasteiger partial charge on any atom is 0.147 e. The van der Waals surface area contributed by atoms with Crippen molar-refractivity contribution in [2.45, 2.75) is 51.9 Å². The highest BCUT2D eigenvalue weighted by Crippen LogP contribution is 2.46. The third kappa shape index (κ3) is 1.91. The van der Waals surface area contributed by atoms with Crippen molar-refractivity contribution in [2.75, 3.05) is 0 Å². The van der Waals surface area contributed by atoms with Gasteiger partial charge >= 0.3 is 0 Å². The Morgan fingerprint density at radius 1 is 1.33 bits per heavy atom. The average Bonchev–Trinajstić information content (AvgIpc) is 3.12.